The summed E-state index contributed by atoms with van der Waals surface area (Å²) in [5.41, 5.74) is 6.04. The topological polar surface area (TPSA) is 46.3 Å². The normalized spacial score (nSPS) is 21.4. The Bertz CT molecular complexity index is 403. The summed E-state index contributed by atoms with van der Waals surface area (Å²) in [4.78, 5) is 15.2. The minimum atomic E-state index is -0.490. The van der Waals surface area contributed by atoms with Crippen LogP contribution in [-0.4, -0.2) is 34.4 Å². The van der Waals surface area contributed by atoms with Gasteiger partial charge in [0.15, 0.2) is 0 Å². The van der Waals surface area contributed by atoms with E-state index in [1.54, 1.807) is 11.3 Å². The van der Waals surface area contributed by atoms with E-state index < -0.39 is 6.04 Å². The Labute approximate surface area is 117 Å². The van der Waals surface area contributed by atoms with Crippen LogP contribution in [0.3, 0.4) is 0 Å². The molecule has 0 bridgehead atoms. The largest absolute Gasteiger partial charge is 0.340 e. The smallest absolute Gasteiger partial charge is 0.244 e. The first-order chi connectivity index (χ1) is 8.49. The minimum absolute atomic E-state index is 0.0655. The maximum absolute atomic E-state index is 12.4. The zero-order valence-electron chi connectivity index (χ0n) is 10.9. The number of carbonyl (C=O) groups excluding carboxylic acids is 1. The van der Waals surface area contributed by atoms with Gasteiger partial charge in [0.05, 0.1) is 0 Å². The van der Waals surface area contributed by atoms with Crippen molar-refractivity contribution in [3.8, 4) is 0 Å². The SMILES string of the molecule is CC1(C)CCN(C(=O)C(N)c2cccs2)CCS1. The van der Waals surface area contributed by atoms with Crippen LogP contribution in [0.4, 0.5) is 0 Å². The Balaban J connectivity index is 2.01. The van der Waals surface area contributed by atoms with Crippen LogP contribution in [0.25, 0.3) is 0 Å². The van der Waals surface area contributed by atoms with Crippen molar-refractivity contribution in [2.75, 3.05) is 18.8 Å². The summed E-state index contributed by atoms with van der Waals surface area (Å²) in [6, 6.07) is 3.38. The maximum Gasteiger partial charge on any atom is 0.244 e. The standard InChI is InChI=1S/C13H20N2OS2/c1-13(2)5-6-15(7-9-18-13)12(16)11(14)10-4-3-8-17-10/h3-4,8,11H,5-7,9,14H2,1-2H3. The highest BCUT2D eigenvalue weighted by Crippen LogP contribution is 2.31. The van der Waals surface area contributed by atoms with Crippen LogP contribution in [0.15, 0.2) is 17.5 Å². The molecular weight excluding hydrogens is 264 g/mol. The van der Waals surface area contributed by atoms with E-state index >= 15 is 0 Å². The van der Waals surface area contributed by atoms with Crippen LogP contribution in [0.1, 0.15) is 31.2 Å². The van der Waals surface area contributed by atoms with E-state index in [1.165, 1.54) is 0 Å². The van der Waals surface area contributed by atoms with E-state index in [1.807, 2.05) is 34.2 Å². The van der Waals surface area contributed by atoms with Gasteiger partial charge in [0, 0.05) is 28.5 Å². The lowest BCUT2D eigenvalue weighted by Gasteiger charge is -2.24. The molecule has 1 aromatic heterocycles. The number of nitrogens with zero attached hydrogens (tertiary/aromatic N) is 1. The van der Waals surface area contributed by atoms with Gasteiger partial charge in [-0.2, -0.15) is 11.8 Å². The molecule has 1 aromatic rings. The Morgan fingerprint density at radius 1 is 1.50 bits per heavy atom. The van der Waals surface area contributed by atoms with Crippen LogP contribution >= 0.6 is 23.1 Å². The van der Waals surface area contributed by atoms with E-state index in [0.717, 1.165) is 30.1 Å². The molecule has 0 aromatic carbocycles. The first kappa shape index (κ1) is 13.9. The molecule has 100 valence electrons. The summed E-state index contributed by atoms with van der Waals surface area (Å²) >= 11 is 3.49. The summed E-state index contributed by atoms with van der Waals surface area (Å²) in [5, 5.41) is 1.96. The number of nitrogens with two attached hydrogens (primary N) is 1. The average molecular weight is 284 g/mol. The van der Waals surface area contributed by atoms with Gasteiger partial charge in [-0.05, 0) is 17.9 Å². The van der Waals surface area contributed by atoms with Gasteiger partial charge in [0.1, 0.15) is 6.04 Å². The van der Waals surface area contributed by atoms with Gasteiger partial charge in [-0.1, -0.05) is 19.9 Å². The monoisotopic (exact) mass is 284 g/mol. The van der Waals surface area contributed by atoms with Crippen molar-refractivity contribution in [2.45, 2.75) is 31.1 Å². The summed E-state index contributed by atoms with van der Waals surface area (Å²) < 4.78 is 0.266. The molecular formula is C13H20N2OS2. The molecule has 2 heterocycles. The molecule has 1 unspecified atom stereocenters. The second-order valence-corrected chi connectivity index (χ2v) is 7.96. The van der Waals surface area contributed by atoms with Crippen molar-refractivity contribution >= 4 is 29.0 Å². The lowest BCUT2D eigenvalue weighted by atomic mass is 10.1. The molecule has 1 amide bonds. The molecule has 0 radical (unpaired) electrons. The van der Waals surface area contributed by atoms with E-state index in [-0.39, 0.29) is 10.7 Å². The third kappa shape index (κ3) is 3.28. The number of hydrogen-bond acceptors (Lipinski definition) is 4. The van der Waals surface area contributed by atoms with E-state index in [4.69, 9.17) is 5.73 Å². The highest BCUT2D eigenvalue weighted by Gasteiger charge is 2.29. The molecule has 18 heavy (non-hydrogen) atoms. The van der Waals surface area contributed by atoms with Crippen molar-refractivity contribution < 1.29 is 4.79 Å². The number of carbonyl (C=O) groups is 1. The molecule has 0 aliphatic carbocycles. The predicted molar refractivity (Wildman–Crippen MR) is 79.0 cm³/mol. The molecule has 1 aliphatic heterocycles. The van der Waals surface area contributed by atoms with Crippen LogP contribution in [0.5, 0.6) is 0 Å². The second-order valence-electron chi connectivity index (χ2n) is 5.18. The molecule has 5 heteroatoms. The molecule has 2 N–H and O–H groups in total. The van der Waals surface area contributed by atoms with Crippen molar-refractivity contribution in [1.82, 2.24) is 4.90 Å². The Morgan fingerprint density at radius 3 is 2.94 bits per heavy atom. The number of thiophene rings is 1. The van der Waals surface area contributed by atoms with Gasteiger partial charge in [-0.15, -0.1) is 11.3 Å². The number of thioether (sulfide) groups is 1. The Kier molecular flexibility index (Phi) is 4.35. The summed E-state index contributed by atoms with van der Waals surface area (Å²) in [7, 11) is 0. The van der Waals surface area contributed by atoms with Crippen molar-refractivity contribution in [3.05, 3.63) is 22.4 Å². The van der Waals surface area contributed by atoms with Gasteiger partial charge in [-0.25, -0.2) is 0 Å². The van der Waals surface area contributed by atoms with Crippen molar-refractivity contribution in [3.63, 3.8) is 0 Å². The van der Waals surface area contributed by atoms with Crippen molar-refractivity contribution in [1.29, 1.82) is 0 Å². The Hall–Kier alpha value is -0.520. The third-order valence-corrected chi connectivity index (χ3v) is 5.59. The van der Waals surface area contributed by atoms with Gasteiger partial charge in [-0.3, -0.25) is 4.79 Å². The lowest BCUT2D eigenvalue weighted by molar-refractivity contribution is -0.132. The van der Waals surface area contributed by atoms with E-state index in [2.05, 4.69) is 13.8 Å². The maximum atomic E-state index is 12.4. The quantitative estimate of drug-likeness (QED) is 0.907. The fourth-order valence-corrected chi connectivity index (χ4v) is 3.85. The molecule has 2 rings (SSSR count). The highest BCUT2D eigenvalue weighted by molar-refractivity contribution is 8.00. The van der Waals surface area contributed by atoms with Gasteiger partial charge in [0.25, 0.3) is 0 Å². The first-order valence-electron chi connectivity index (χ1n) is 6.21. The summed E-state index contributed by atoms with van der Waals surface area (Å²) in [5.74, 6) is 1.06. The number of hydrogen-bond donors (Lipinski definition) is 1. The van der Waals surface area contributed by atoms with E-state index in [0.29, 0.717) is 0 Å². The molecule has 1 fully saturated rings. The fraction of sp³-hybridized carbons (Fsp3) is 0.615. The lowest BCUT2D eigenvalue weighted by Crippen LogP contribution is -2.39. The van der Waals surface area contributed by atoms with Crippen LogP contribution < -0.4 is 5.73 Å². The van der Waals surface area contributed by atoms with Crippen molar-refractivity contribution in [2.24, 2.45) is 5.73 Å². The van der Waals surface area contributed by atoms with Gasteiger partial charge >= 0.3 is 0 Å². The molecule has 0 spiro atoms. The predicted octanol–water partition coefficient (Wildman–Crippen LogP) is 2.49. The molecule has 1 atom stereocenters. The first-order valence-corrected chi connectivity index (χ1v) is 8.08. The van der Waals surface area contributed by atoms with Gasteiger partial charge in [0.2, 0.25) is 5.91 Å². The van der Waals surface area contributed by atoms with Crippen LogP contribution in [0.2, 0.25) is 0 Å². The molecule has 3 nitrogen and oxygen atoms in total. The zero-order chi connectivity index (χ0) is 13.2. The summed E-state index contributed by atoms with van der Waals surface area (Å²) in [6.07, 6.45) is 1.03. The van der Waals surface area contributed by atoms with Crippen LogP contribution in [0, 0.1) is 0 Å². The fourth-order valence-electron chi connectivity index (χ4n) is 2.03. The van der Waals surface area contributed by atoms with E-state index in [9.17, 15) is 4.79 Å². The highest BCUT2D eigenvalue weighted by atomic mass is 32.2. The van der Waals surface area contributed by atoms with Gasteiger partial charge < -0.3 is 10.6 Å². The minimum Gasteiger partial charge on any atom is -0.340 e. The molecule has 1 aliphatic rings. The molecule has 1 saturated heterocycles. The number of amides is 1. The Morgan fingerprint density at radius 2 is 2.28 bits per heavy atom. The zero-order valence-corrected chi connectivity index (χ0v) is 12.5. The van der Waals surface area contributed by atoms with Crippen LogP contribution in [-0.2, 0) is 4.79 Å². The third-order valence-electron chi connectivity index (χ3n) is 3.27. The second kappa shape index (κ2) is 5.63. The summed E-state index contributed by atoms with van der Waals surface area (Å²) in [6.45, 7) is 6.11. The number of rotatable bonds is 2. The molecule has 0 saturated carbocycles. The average Bonchev–Trinajstić information content (AvgIpc) is 2.79.